The summed E-state index contributed by atoms with van der Waals surface area (Å²) in [5.41, 5.74) is 1.26. The van der Waals surface area contributed by atoms with Gasteiger partial charge in [-0.15, -0.1) is 0 Å². The zero-order valence-electron chi connectivity index (χ0n) is 8.45. The van der Waals surface area contributed by atoms with E-state index in [1.807, 2.05) is 6.07 Å². The summed E-state index contributed by atoms with van der Waals surface area (Å²) in [7, 11) is 0. The van der Waals surface area contributed by atoms with Gasteiger partial charge in [0.1, 0.15) is 13.2 Å². The third kappa shape index (κ3) is 2.00. The summed E-state index contributed by atoms with van der Waals surface area (Å²) in [5, 5.41) is 0. The molecule has 2 rings (SSSR count). The Balaban J connectivity index is 2.20. The van der Waals surface area contributed by atoms with E-state index in [1.54, 1.807) is 0 Å². The third-order valence-electron chi connectivity index (χ3n) is 2.19. The molecule has 0 spiro atoms. The molecule has 0 amide bonds. The van der Waals surface area contributed by atoms with E-state index < -0.39 is 0 Å². The molecule has 2 nitrogen and oxygen atoms in total. The first-order chi connectivity index (χ1) is 6.75. The molecule has 2 heteroatoms. The van der Waals surface area contributed by atoms with Gasteiger partial charge in [0.05, 0.1) is 0 Å². The van der Waals surface area contributed by atoms with Crippen LogP contribution in [0.1, 0.15) is 12.5 Å². The summed E-state index contributed by atoms with van der Waals surface area (Å²) >= 11 is 0. The minimum absolute atomic E-state index is 0.428. The SMILES string of the molecule is [CH2]C(C)Cc1ccc2c(c1)OCCO2. The average Bonchev–Trinajstić information content (AvgIpc) is 2.17. The van der Waals surface area contributed by atoms with Crippen molar-refractivity contribution in [1.29, 1.82) is 0 Å². The van der Waals surface area contributed by atoms with Gasteiger partial charge in [0.25, 0.3) is 0 Å². The van der Waals surface area contributed by atoms with Crippen molar-refractivity contribution in [2.45, 2.75) is 13.3 Å². The molecule has 0 fully saturated rings. The Hall–Kier alpha value is -1.18. The van der Waals surface area contributed by atoms with Gasteiger partial charge in [-0.1, -0.05) is 19.9 Å². The van der Waals surface area contributed by atoms with Crippen molar-refractivity contribution in [3.63, 3.8) is 0 Å². The molecule has 1 aromatic carbocycles. The lowest BCUT2D eigenvalue weighted by Gasteiger charge is -2.19. The van der Waals surface area contributed by atoms with Gasteiger partial charge in [-0.05, 0) is 30.0 Å². The monoisotopic (exact) mass is 191 g/mol. The van der Waals surface area contributed by atoms with Crippen molar-refractivity contribution < 1.29 is 9.47 Å². The molecule has 0 saturated carbocycles. The maximum atomic E-state index is 5.50. The lowest BCUT2D eigenvalue weighted by atomic mass is 10.0. The van der Waals surface area contributed by atoms with Crippen molar-refractivity contribution in [3.05, 3.63) is 30.7 Å². The van der Waals surface area contributed by atoms with Crippen LogP contribution in [0.15, 0.2) is 18.2 Å². The summed E-state index contributed by atoms with van der Waals surface area (Å²) in [4.78, 5) is 0. The first-order valence-electron chi connectivity index (χ1n) is 4.97. The van der Waals surface area contributed by atoms with Gasteiger partial charge in [-0.3, -0.25) is 0 Å². The Labute approximate surface area is 84.8 Å². The molecule has 14 heavy (non-hydrogen) atoms. The van der Waals surface area contributed by atoms with E-state index in [0.29, 0.717) is 19.1 Å². The smallest absolute Gasteiger partial charge is 0.161 e. The van der Waals surface area contributed by atoms with E-state index in [2.05, 4.69) is 26.0 Å². The summed E-state index contributed by atoms with van der Waals surface area (Å²) in [5.74, 6) is 2.16. The predicted molar refractivity (Wildman–Crippen MR) is 55.7 cm³/mol. The van der Waals surface area contributed by atoms with Gasteiger partial charge >= 0.3 is 0 Å². The molecular formula is C12H15O2. The topological polar surface area (TPSA) is 18.5 Å². The van der Waals surface area contributed by atoms with Crippen molar-refractivity contribution >= 4 is 0 Å². The minimum atomic E-state index is 0.428. The van der Waals surface area contributed by atoms with Gasteiger partial charge in [0.2, 0.25) is 0 Å². The lowest BCUT2D eigenvalue weighted by molar-refractivity contribution is 0.171. The van der Waals surface area contributed by atoms with E-state index in [-0.39, 0.29) is 0 Å². The van der Waals surface area contributed by atoms with Crippen molar-refractivity contribution in [2.24, 2.45) is 5.92 Å². The Morgan fingerprint density at radius 1 is 1.29 bits per heavy atom. The molecule has 0 N–H and O–H groups in total. The van der Waals surface area contributed by atoms with Crippen LogP contribution < -0.4 is 9.47 Å². The van der Waals surface area contributed by atoms with E-state index in [0.717, 1.165) is 17.9 Å². The molecule has 0 saturated heterocycles. The minimum Gasteiger partial charge on any atom is -0.486 e. The van der Waals surface area contributed by atoms with Crippen molar-refractivity contribution in [1.82, 2.24) is 0 Å². The van der Waals surface area contributed by atoms with Crippen LogP contribution >= 0.6 is 0 Å². The molecule has 1 aliphatic heterocycles. The molecule has 1 atom stereocenters. The van der Waals surface area contributed by atoms with Crippen LogP contribution in [-0.2, 0) is 6.42 Å². The van der Waals surface area contributed by atoms with Crippen molar-refractivity contribution in [2.75, 3.05) is 13.2 Å². The Morgan fingerprint density at radius 3 is 2.71 bits per heavy atom. The normalized spacial score (nSPS) is 14.5. The Kier molecular flexibility index (Phi) is 2.62. The van der Waals surface area contributed by atoms with Gasteiger partial charge in [0.15, 0.2) is 11.5 Å². The van der Waals surface area contributed by atoms with Crippen LogP contribution in [-0.4, -0.2) is 13.2 Å². The van der Waals surface area contributed by atoms with Crippen LogP contribution in [0, 0.1) is 12.8 Å². The number of ether oxygens (including phenoxy) is 2. The molecular weight excluding hydrogens is 176 g/mol. The van der Waals surface area contributed by atoms with E-state index in [1.165, 1.54) is 5.56 Å². The van der Waals surface area contributed by atoms with Crippen LogP contribution in [0.25, 0.3) is 0 Å². The fourth-order valence-electron chi connectivity index (χ4n) is 1.62. The fourth-order valence-corrected chi connectivity index (χ4v) is 1.62. The quantitative estimate of drug-likeness (QED) is 0.715. The highest BCUT2D eigenvalue weighted by Gasteiger charge is 2.11. The molecule has 75 valence electrons. The average molecular weight is 191 g/mol. The molecule has 1 aromatic rings. The van der Waals surface area contributed by atoms with Gasteiger partial charge < -0.3 is 9.47 Å². The van der Waals surface area contributed by atoms with Crippen LogP contribution in [0.2, 0.25) is 0 Å². The molecule has 0 bridgehead atoms. The molecule has 0 aliphatic carbocycles. The summed E-state index contributed by atoms with van der Waals surface area (Å²) < 4.78 is 10.9. The molecule has 1 heterocycles. The summed E-state index contributed by atoms with van der Waals surface area (Å²) in [6, 6.07) is 6.11. The molecule has 0 aromatic heterocycles. The van der Waals surface area contributed by atoms with Crippen LogP contribution in [0.4, 0.5) is 0 Å². The summed E-state index contributed by atoms with van der Waals surface area (Å²) in [6.07, 6.45) is 0.983. The molecule has 1 aliphatic rings. The second-order valence-corrected chi connectivity index (χ2v) is 3.79. The summed E-state index contributed by atoms with van der Waals surface area (Å²) in [6.45, 7) is 7.38. The Morgan fingerprint density at radius 2 is 2.00 bits per heavy atom. The number of benzene rings is 1. The van der Waals surface area contributed by atoms with Gasteiger partial charge in [0, 0.05) is 0 Å². The second-order valence-electron chi connectivity index (χ2n) is 3.79. The highest BCUT2D eigenvalue weighted by Crippen LogP contribution is 2.31. The van der Waals surface area contributed by atoms with E-state index in [4.69, 9.17) is 9.47 Å². The van der Waals surface area contributed by atoms with Crippen LogP contribution in [0.5, 0.6) is 11.5 Å². The zero-order chi connectivity index (χ0) is 9.97. The highest BCUT2D eigenvalue weighted by atomic mass is 16.6. The van der Waals surface area contributed by atoms with Gasteiger partial charge in [-0.2, -0.15) is 0 Å². The van der Waals surface area contributed by atoms with Crippen molar-refractivity contribution in [3.8, 4) is 11.5 Å². The van der Waals surface area contributed by atoms with E-state index in [9.17, 15) is 0 Å². The number of hydrogen-bond donors (Lipinski definition) is 0. The highest BCUT2D eigenvalue weighted by molar-refractivity contribution is 5.43. The maximum Gasteiger partial charge on any atom is 0.161 e. The molecule has 1 radical (unpaired) electrons. The number of rotatable bonds is 2. The fraction of sp³-hybridized carbons (Fsp3) is 0.417. The number of fused-ring (bicyclic) bond motifs is 1. The standard InChI is InChI=1S/C12H15O2/c1-9(2)7-10-3-4-11-12(8-10)14-6-5-13-11/h3-4,8-9H,1,5-7H2,2H3. The first kappa shape index (κ1) is 9.38. The Bertz CT molecular complexity index is 318. The van der Waals surface area contributed by atoms with E-state index >= 15 is 0 Å². The first-order valence-corrected chi connectivity index (χ1v) is 4.97. The maximum absolute atomic E-state index is 5.50. The third-order valence-corrected chi connectivity index (χ3v) is 2.19. The second kappa shape index (κ2) is 3.91. The number of hydrogen-bond acceptors (Lipinski definition) is 2. The molecule has 1 unspecified atom stereocenters. The largest absolute Gasteiger partial charge is 0.486 e. The predicted octanol–water partition coefficient (Wildman–Crippen LogP) is 2.47. The van der Waals surface area contributed by atoms with Crippen LogP contribution in [0.3, 0.4) is 0 Å². The lowest BCUT2D eigenvalue weighted by Crippen LogP contribution is -2.15. The zero-order valence-corrected chi connectivity index (χ0v) is 8.45. The van der Waals surface area contributed by atoms with Gasteiger partial charge in [-0.25, -0.2) is 0 Å².